The molecule has 0 spiro atoms. The van der Waals surface area contributed by atoms with E-state index >= 15 is 0 Å². The van der Waals surface area contributed by atoms with E-state index in [2.05, 4.69) is 9.98 Å². The summed E-state index contributed by atoms with van der Waals surface area (Å²) in [6.45, 7) is 1.05. The van der Waals surface area contributed by atoms with Crippen LogP contribution in [-0.4, -0.2) is 34.0 Å². The number of amides is 1. The maximum Gasteiger partial charge on any atom is 0.217 e. The fourth-order valence-corrected chi connectivity index (χ4v) is 4.13. The minimum Gasteiger partial charge on any atom is -0.370 e. The molecule has 1 aromatic heterocycles. The molecule has 2 aliphatic rings. The van der Waals surface area contributed by atoms with Crippen molar-refractivity contribution < 1.29 is 18.4 Å². The zero-order valence-electron chi connectivity index (χ0n) is 16.4. The Morgan fingerprint density at radius 3 is 2.83 bits per heavy atom. The number of Topliss-reactive ketones (excluding diaryl/α,β-unsaturated/α-hetero) is 1. The number of fused-ring (bicyclic) bond motifs is 1. The minimum atomic E-state index is -0.475. The smallest absolute Gasteiger partial charge is 0.217 e. The fourth-order valence-electron chi connectivity index (χ4n) is 4.13. The molecule has 2 N–H and O–H groups in total. The molecule has 1 aromatic carbocycles. The molecule has 1 amide bonds. The van der Waals surface area contributed by atoms with Crippen molar-refractivity contribution in [2.75, 3.05) is 6.54 Å². The second kappa shape index (κ2) is 8.30. The molecule has 2 aromatic rings. The monoisotopic (exact) mass is 412 g/mol. The fraction of sp³-hybridized carbons (Fsp3) is 0.364. The molecule has 4 rings (SSSR count). The van der Waals surface area contributed by atoms with Crippen molar-refractivity contribution in [1.29, 1.82) is 0 Å². The summed E-state index contributed by atoms with van der Waals surface area (Å²) in [7, 11) is 0. The second-order valence-corrected chi connectivity index (χ2v) is 7.62. The van der Waals surface area contributed by atoms with Crippen LogP contribution in [0.5, 0.6) is 0 Å². The van der Waals surface area contributed by atoms with Gasteiger partial charge in [-0.1, -0.05) is 0 Å². The van der Waals surface area contributed by atoms with Gasteiger partial charge >= 0.3 is 0 Å². The summed E-state index contributed by atoms with van der Waals surface area (Å²) < 4.78 is 28.1. The number of aliphatic imine (C=N–C) groups is 1. The van der Waals surface area contributed by atoms with E-state index in [-0.39, 0.29) is 24.7 Å². The predicted molar refractivity (Wildman–Crippen MR) is 107 cm³/mol. The number of likely N-dealkylation sites (tertiary alicyclic amines) is 1. The summed E-state index contributed by atoms with van der Waals surface area (Å²) in [5.74, 6) is -0.808. The van der Waals surface area contributed by atoms with Gasteiger partial charge in [-0.2, -0.15) is 0 Å². The number of aromatic nitrogens is 1. The normalized spacial score (nSPS) is 17.7. The molecule has 3 heterocycles. The van der Waals surface area contributed by atoms with E-state index in [0.717, 1.165) is 29.8 Å². The summed E-state index contributed by atoms with van der Waals surface area (Å²) in [5.41, 5.74) is 7.39. The Hall–Kier alpha value is -3.16. The van der Waals surface area contributed by atoms with Crippen LogP contribution in [0.15, 0.2) is 35.5 Å². The zero-order valence-corrected chi connectivity index (χ0v) is 16.4. The van der Waals surface area contributed by atoms with Crippen molar-refractivity contribution in [1.82, 2.24) is 9.88 Å². The Morgan fingerprint density at radius 1 is 1.20 bits per heavy atom. The number of benzene rings is 1. The number of amidine groups is 1. The van der Waals surface area contributed by atoms with Crippen LogP contribution in [0.4, 0.5) is 8.78 Å². The van der Waals surface area contributed by atoms with Gasteiger partial charge in [0.1, 0.15) is 17.5 Å². The lowest BCUT2D eigenvalue weighted by molar-refractivity contribution is -0.118. The van der Waals surface area contributed by atoms with Crippen molar-refractivity contribution in [2.24, 2.45) is 10.7 Å². The number of ketones is 1. The molecule has 8 heteroatoms. The van der Waals surface area contributed by atoms with Crippen LogP contribution >= 0.6 is 0 Å². The molecule has 0 aliphatic carbocycles. The molecule has 0 unspecified atom stereocenters. The molecule has 0 radical (unpaired) electrons. The lowest BCUT2D eigenvalue weighted by atomic mass is 10.0. The van der Waals surface area contributed by atoms with Crippen molar-refractivity contribution >= 4 is 17.5 Å². The summed E-state index contributed by atoms with van der Waals surface area (Å²) in [4.78, 5) is 34.3. The SMILES string of the molecule is NC(=O)CCCC(=O)c1cnc2c(c1)C(N1CCC[C@@H]1c1cc(F)ccc1F)=NC2. The lowest BCUT2D eigenvalue weighted by Gasteiger charge is -2.27. The quantitative estimate of drug-likeness (QED) is 0.738. The maximum atomic E-state index is 14.4. The van der Waals surface area contributed by atoms with Crippen LogP contribution in [0.2, 0.25) is 0 Å². The van der Waals surface area contributed by atoms with Gasteiger partial charge in [-0.15, -0.1) is 0 Å². The standard InChI is InChI=1S/C22H22F2N4O2/c23-14-6-7-17(24)15(10-14)19-3-2-8-28(19)22-16-9-13(11-26-18(16)12-27-22)20(29)4-1-5-21(25)30/h6-7,9-11,19H,1-5,8,12H2,(H2,25,30)/t19-/m1/s1. The van der Waals surface area contributed by atoms with Gasteiger partial charge in [0, 0.05) is 42.3 Å². The molecule has 30 heavy (non-hydrogen) atoms. The molecule has 1 fully saturated rings. The molecule has 1 atom stereocenters. The van der Waals surface area contributed by atoms with Crippen molar-refractivity contribution in [3.05, 3.63) is 64.5 Å². The minimum absolute atomic E-state index is 0.119. The first-order chi connectivity index (χ1) is 14.4. The molecule has 0 saturated carbocycles. The van der Waals surface area contributed by atoms with Gasteiger partial charge in [-0.25, -0.2) is 8.78 Å². The Labute approximate surface area is 172 Å². The third-order valence-corrected chi connectivity index (χ3v) is 5.58. The van der Waals surface area contributed by atoms with E-state index in [1.54, 1.807) is 6.07 Å². The van der Waals surface area contributed by atoms with Gasteiger partial charge in [0.2, 0.25) is 5.91 Å². The van der Waals surface area contributed by atoms with Crippen molar-refractivity contribution in [3.8, 4) is 0 Å². The van der Waals surface area contributed by atoms with Gasteiger partial charge in [-0.05, 0) is 43.5 Å². The lowest BCUT2D eigenvalue weighted by Crippen LogP contribution is -2.31. The second-order valence-electron chi connectivity index (χ2n) is 7.62. The van der Waals surface area contributed by atoms with Crippen LogP contribution in [0.3, 0.4) is 0 Å². The number of hydrogen-bond acceptors (Lipinski definition) is 5. The highest BCUT2D eigenvalue weighted by Crippen LogP contribution is 2.37. The van der Waals surface area contributed by atoms with Gasteiger partial charge in [0.05, 0.1) is 18.3 Å². The van der Waals surface area contributed by atoms with E-state index < -0.39 is 17.5 Å². The highest BCUT2D eigenvalue weighted by atomic mass is 19.1. The summed E-state index contributed by atoms with van der Waals surface area (Å²) in [5, 5.41) is 0. The summed E-state index contributed by atoms with van der Waals surface area (Å²) >= 11 is 0. The first-order valence-electron chi connectivity index (χ1n) is 10.0. The Morgan fingerprint density at radius 2 is 2.03 bits per heavy atom. The van der Waals surface area contributed by atoms with E-state index in [4.69, 9.17) is 5.73 Å². The van der Waals surface area contributed by atoms with Crippen molar-refractivity contribution in [3.63, 3.8) is 0 Å². The first-order valence-corrected chi connectivity index (χ1v) is 10.0. The summed E-state index contributed by atoms with van der Waals surface area (Å²) in [6.07, 6.45) is 3.79. The van der Waals surface area contributed by atoms with E-state index in [0.29, 0.717) is 42.9 Å². The molecule has 156 valence electrons. The third-order valence-electron chi connectivity index (χ3n) is 5.58. The Kier molecular flexibility index (Phi) is 5.57. The topological polar surface area (TPSA) is 88.7 Å². The molecular formula is C22H22F2N4O2. The number of halogens is 2. The average Bonchev–Trinajstić information content (AvgIpc) is 3.35. The highest BCUT2D eigenvalue weighted by molar-refractivity contribution is 6.04. The Bertz CT molecular complexity index is 1040. The van der Waals surface area contributed by atoms with Crippen LogP contribution < -0.4 is 5.73 Å². The van der Waals surface area contributed by atoms with Crippen LogP contribution in [0.1, 0.15) is 65.3 Å². The average molecular weight is 412 g/mol. The molecule has 1 saturated heterocycles. The van der Waals surface area contributed by atoms with E-state index in [9.17, 15) is 18.4 Å². The Balaban J connectivity index is 1.58. The first kappa shape index (κ1) is 20.1. The van der Waals surface area contributed by atoms with Crippen molar-refractivity contribution in [2.45, 2.75) is 44.7 Å². The molecule has 0 bridgehead atoms. The summed E-state index contributed by atoms with van der Waals surface area (Å²) in [6, 6.07) is 4.95. The predicted octanol–water partition coefficient (Wildman–Crippen LogP) is 3.30. The number of nitrogens with two attached hydrogens (primary N) is 1. The number of primary amides is 1. The number of nitrogens with zero attached hydrogens (tertiary/aromatic N) is 3. The number of pyridine rings is 1. The molecule has 2 aliphatic heterocycles. The van der Waals surface area contributed by atoms with Crippen LogP contribution in [0, 0.1) is 11.6 Å². The zero-order chi connectivity index (χ0) is 21.3. The van der Waals surface area contributed by atoms with Crippen LogP contribution in [-0.2, 0) is 11.3 Å². The largest absolute Gasteiger partial charge is 0.370 e. The number of hydrogen-bond donors (Lipinski definition) is 1. The maximum absolute atomic E-state index is 14.4. The van der Waals surface area contributed by atoms with E-state index in [1.807, 2.05) is 4.90 Å². The molecular weight excluding hydrogens is 390 g/mol. The third kappa shape index (κ3) is 3.94. The highest BCUT2D eigenvalue weighted by Gasteiger charge is 2.34. The number of carbonyl (C=O) groups excluding carboxylic acids is 2. The van der Waals surface area contributed by atoms with Gasteiger partial charge in [0.15, 0.2) is 5.78 Å². The van der Waals surface area contributed by atoms with Gasteiger partial charge in [-0.3, -0.25) is 19.6 Å². The van der Waals surface area contributed by atoms with E-state index in [1.165, 1.54) is 12.3 Å². The van der Waals surface area contributed by atoms with Crippen LogP contribution in [0.25, 0.3) is 0 Å². The molecule has 6 nitrogen and oxygen atoms in total. The number of carbonyl (C=O) groups is 2. The number of rotatable bonds is 6. The van der Waals surface area contributed by atoms with Gasteiger partial charge in [0.25, 0.3) is 0 Å². The van der Waals surface area contributed by atoms with Gasteiger partial charge < -0.3 is 10.6 Å².